The Morgan fingerprint density at radius 2 is 2.15 bits per heavy atom. The lowest BCUT2D eigenvalue weighted by Gasteiger charge is -2.27. The van der Waals surface area contributed by atoms with Gasteiger partial charge in [-0.3, -0.25) is 0 Å². The third-order valence-corrected chi connectivity index (χ3v) is 7.47. The van der Waals surface area contributed by atoms with E-state index >= 15 is 0 Å². The van der Waals surface area contributed by atoms with Crippen molar-refractivity contribution in [2.75, 3.05) is 44.7 Å². The molecule has 4 rings (SSSR count). The fourth-order valence-corrected chi connectivity index (χ4v) is 5.20. The van der Waals surface area contributed by atoms with E-state index in [0.29, 0.717) is 32.6 Å². The predicted octanol–water partition coefficient (Wildman–Crippen LogP) is 1.06. The van der Waals surface area contributed by atoms with E-state index in [1.54, 1.807) is 17.7 Å². The van der Waals surface area contributed by atoms with Crippen LogP contribution in [0.1, 0.15) is 19.3 Å². The van der Waals surface area contributed by atoms with Crippen LogP contribution < -0.4 is 4.90 Å². The molecular weight excluding hydrogens is 364 g/mol. The lowest BCUT2D eigenvalue weighted by Crippen LogP contribution is -2.45. The van der Waals surface area contributed by atoms with Crippen molar-refractivity contribution in [2.24, 2.45) is 5.41 Å². The molecule has 1 saturated heterocycles. The zero-order valence-corrected chi connectivity index (χ0v) is 16.2. The molecule has 0 amide bonds. The fourth-order valence-electron chi connectivity index (χ4n) is 3.74. The van der Waals surface area contributed by atoms with Gasteiger partial charge in [-0.25, -0.2) is 9.97 Å². The molecule has 2 aromatic rings. The summed E-state index contributed by atoms with van der Waals surface area (Å²) in [7, 11) is -1.92. The molecule has 1 saturated carbocycles. The Labute approximate surface area is 159 Å². The van der Waals surface area contributed by atoms with Crippen LogP contribution in [0.2, 0.25) is 0 Å². The van der Waals surface area contributed by atoms with E-state index in [-0.39, 0.29) is 5.41 Å². The third kappa shape index (κ3) is 3.40. The smallest absolute Gasteiger partial charge is 0.281 e. The zero-order chi connectivity index (χ0) is 19.1. The SMILES string of the molecule is C#CCCN(C)S(=O)(=O)N1CCN(c2ncnc3[nH]ccc23)CC2(CC2)C1. The highest BCUT2D eigenvalue weighted by atomic mass is 32.2. The van der Waals surface area contributed by atoms with Crippen molar-refractivity contribution in [2.45, 2.75) is 19.3 Å². The summed E-state index contributed by atoms with van der Waals surface area (Å²) >= 11 is 0. The fraction of sp³-hybridized carbons (Fsp3) is 0.556. The maximum Gasteiger partial charge on any atom is 0.281 e. The van der Waals surface area contributed by atoms with Crippen LogP contribution in [0.4, 0.5) is 5.82 Å². The molecule has 2 aliphatic rings. The maximum absolute atomic E-state index is 13.0. The second-order valence-electron chi connectivity index (χ2n) is 7.48. The van der Waals surface area contributed by atoms with Gasteiger partial charge in [-0.2, -0.15) is 17.0 Å². The molecule has 1 aliphatic carbocycles. The molecule has 8 nitrogen and oxygen atoms in total. The maximum atomic E-state index is 13.0. The van der Waals surface area contributed by atoms with Crippen molar-refractivity contribution in [1.29, 1.82) is 0 Å². The molecule has 144 valence electrons. The van der Waals surface area contributed by atoms with E-state index in [0.717, 1.165) is 36.2 Å². The van der Waals surface area contributed by atoms with Crippen molar-refractivity contribution in [3.8, 4) is 12.3 Å². The number of anilines is 1. The topological polar surface area (TPSA) is 85.4 Å². The summed E-state index contributed by atoms with van der Waals surface area (Å²) in [5, 5.41) is 0.968. The normalized spacial score (nSPS) is 20.1. The van der Waals surface area contributed by atoms with Crippen LogP contribution in [0.3, 0.4) is 0 Å². The van der Waals surface area contributed by atoms with Gasteiger partial charge in [0.05, 0.1) is 5.39 Å². The molecule has 2 fully saturated rings. The highest BCUT2D eigenvalue weighted by Crippen LogP contribution is 2.49. The number of nitrogens with zero attached hydrogens (tertiary/aromatic N) is 5. The summed E-state index contributed by atoms with van der Waals surface area (Å²) in [4.78, 5) is 14.1. The van der Waals surface area contributed by atoms with Gasteiger partial charge in [0.2, 0.25) is 0 Å². The highest BCUT2D eigenvalue weighted by molar-refractivity contribution is 7.86. The molecule has 1 N–H and O–H groups in total. The van der Waals surface area contributed by atoms with E-state index in [2.05, 4.69) is 25.8 Å². The first-order chi connectivity index (χ1) is 13.0. The van der Waals surface area contributed by atoms with Crippen LogP contribution in [0.25, 0.3) is 11.0 Å². The number of rotatable bonds is 5. The first-order valence-corrected chi connectivity index (χ1v) is 10.5. The molecular formula is C18H24N6O2S. The number of terminal acetylenes is 1. The molecule has 0 bridgehead atoms. The van der Waals surface area contributed by atoms with Crippen molar-refractivity contribution in [3.05, 3.63) is 18.6 Å². The predicted molar refractivity (Wildman–Crippen MR) is 104 cm³/mol. The van der Waals surface area contributed by atoms with Gasteiger partial charge >= 0.3 is 0 Å². The Hall–Kier alpha value is -2.15. The molecule has 0 unspecified atom stereocenters. The Bertz CT molecular complexity index is 975. The van der Waals surface area contributed by atoms with E-state index in [9.17, 15) is 8.42 Å². The monoisotopic (exact) mass is 388 g/mol. The van der Waals surface area contributed by atoms with Gasteiger partial charge in [0, 0.05) is 57.8 Å². The minimum Gasteiger partial charge on any atom is -0.354 e. The minimum atomic E-state index is -3.52. The summed E-state index contributed by atoms with van der Waals surface area (Å²) in [6, 6.07) is 1.97. The molecule has 27 heavy (non-hydrogen) atoms. The lowest BCUT2D eigenvalue weighted by atomic mass is 10.1. The summed E-state index contributed by atoms with van der Waals surface area (Å²) in [6.45, 7) is 2.72. The minimum absolute atomic E-state index is 0.00408. The van der Waals surface area contributed by atoms with Crippen molar-refractivity contribution in [1.82, 2.24) is 23.6 Å². The summed E-state index contributed by atoms with van der Waals surface area (Å²) in [6.07, 6.45) is 11.2. The lowest BCUT2D eigenvalue weighted by molar-refractivity contribution is 0.332. The Morgan fingerprint density at radius 1 is 1.33 bits per heavy atom. The number of aromatic amines is 1. The molecule has 1 spiro atoms. The van der Waals surface area contributed by atoms with Gasteiger partial charge in [-0.1, -0.05) is 0 Å². The Kier molecular flexibility index (Phi) is 4.58. The van der Waals surface area contributed by atoms with Gasteiger partial charge in [0.1, 0.15) is 17.8 Å². The Balaban J connectivity index is 1.59. The molecule has 0 aromatic carbocycles. The number of hydrogen-bond acceptors (Lipinski definition) is 5. The summed E-state index contributed by atoms with van der Waals surface area (Å²) in [5.74, 6) is 3.38. The molecule has 1 aliphatic heterocycles. The van der Waals surface area contributed by atoms with Gasteiger partial charge in [0.15, 0.2) is 0 Å². The molecule has 0 radical (unpaired) electrons. The number of fused-ring (bicyclic) bond motifs is 1. The van der Waals surface area contributed by atoms with Crippen LogP contribution in [0, 0.1) is 17.8 Å². The quantitative estimate of drug-likeness (QED) is 0.774. The molecule has 3 heterocycles. The number of aromatic nitrogens is 3. The van der Waals surface area contributed by atoms with E-state index in [1.807, 2.05) is 12.3 Å². The highest BCUT2D eigenvalue weighted by Gasteiger charge is 2.49. The average Bonchev–Trinajstić information content (AvgIpc) is 3.30. The van der Waals surface area contributed by atoms with Gasteiger partial charge in [-0.05, 0) is 18.9 Å². The third-order valence-electron chi connectivity index (χ3n) is 5.54. The van der Waals surface area contributed by atoms with E-state index < -0.39 is 10.2 Å². The second kappa shape index (κ2) is 6.78. The van der Waals surface area contributed by atoms with Gasteiger partial charge < -0.3 is 9.88 Å². The Morgan fingerprint density at radius 3 is 2.89 bits per heavy atom. The van der Waals surface area contributed by atoms with Crippen LogP contribution in [-0.2, 0) is 10.2 Å². The number of hydrogen-bond donors (Lipinski definition) is 1. The molecule has 0 atom stereocenters. The van der Waals surface area contributed by atoms with E-state index in [4.69, 9.17) is 6.42 Å². The van der Waals surface area contributed by atoms with Gasteiger partial charge in [0.25, 0.3) is 10.2 Å². The first-order valence-electron chi connectivity index (χ1n) is 9.13. The summed E-state index contributed by atoms with van der Waals surface area (Å²) in [5.41, 5.74) is 0.803. The van der Waals surface area contributed by atoms with Crippen molar-refractivity contribution in [3.63, 3.8) is 0 Å². The van der Waals surface area contributed by atoms with Crippen molar-refractivity contribution >= 4 is 27.1 Å². The average molecular weight is 388 g/mol. The standard InChI is InChI=1S/C18H24N6O2S/c1-3-4-9-22(2)27(25,26)24-11-10-23(12-18(13-24)6-7-18)17-15-5-8-19-16(15)20-14-21-17/h1,5,8,14H,4,6-7,9-13H2,2H3,(H,19,20,21). The zero-order valence-electron chi connectivity index (χ0n) is 15.4. The molecule has 2 aromatic heterocycles. The van der Waals surface area contributed by atoms with Crippen LogP contribution in [0.5, 0.6) is 0 Å². The van der Waals surface area contributed by atoms with Crippen LogP contribution in [0.15, 0.2) is 18.6 Å². The first kappa shape index (κ1) is 18.2. The van der Waals surface area contributed by atoms with Crippen LogP contribution in [-0.4, -0.2) is 71.8 Å². The van der Waals surface area contributed by atoms with E-state index in [1.165, 1.54) is 4.31 Å². The van der Waals surface area contributed by atoms with Crippen molar-refractivity contribution < 1.29 is 8.42 Å². The van der Waals surface area contributed by atoms with Crippen LogP contribution >= 0.6 is 0 Å². The second-order valence-corrected chi connectivity index (χ2v) is 9.51. The number of H-pyrrole nitrogens is 1. The molecule has 9 heteroatoms. The largest absolute Gasteiger partial charge is 0.354 e. The number of nitrogens with one attached hydrogen (secondary N) is 1. The summed E-state index contributed by atoms with van der Waals surface area (Å²) < 4.78 is 29.0. The van der Waals surface area contributed by atoms with Gasteiger partial charge in [-0.15, -0.1) is 12.3 Å².